The summed E-state index contributed by atoms with van der Waals surface area (Å²) in [6, 6.07) is 7.10. The smallest absolute Gasteiger partial charge is 0.122 e. The summed E-state index contributed by atoms with van der Waals surface area (Å²) in [5, 5.41) is 4.80. The third-order valence-electron chi connectivity index (χ3n) is 3.84. The van der Waals surface area contributed by atoms with Gasteiger partial charge in [0.2, 0.25) is 0 Å². The Labute approximate surface area is 130 Å². The van der Waals surface area contributed by atoms with Crippen molar-refractivity contribution in [2.75, 3.05) is 6.61 Å². The molecule has 1 aliphatic heterocycles. The largest absolute Gasteiger partial charge is 0.493 e. The number of aromatic nitrogens is 1. The molecule has 21 heavy (non-hydrogen) atoms. The maximum Gasteiger partial charge on any atom is 0.122 e. The maximum absolute atomic E-state index is 5.61. The van der Waals surface area contributed by atoms with E-state index in [-0.39, 0.29) is 6.04 Å². The van der Waals surface area contributed by atoms with Crippen molar-refractivity contribution in [1.29, 1.82) is 0 Å². The highest BCUT2D eigenvalue weighted by atomic mass is 32.1. The normalized spacial score (nSPS) is 15.1. The standard InChI is InChI=1S/C17H22N2OS/c1-10(2)18-16(17-19-11(3)12(4)21-17)14-5-6-15-13(9-14)7-8-20-15/h5-6,9-10,16,18H,7-8H2,1-4H3. The van der Waals surface area contributed by atoms with E-state index in [1.54, 1.807) is 11.3 Å². The van der Waals surface area contributed by atoms with Crippen molar-refractivity contribution in [3.05, 3.63) is 44.9 Å². The molecular weight excluding hydrogens is 280 g/mol. The molecule has 112 valence electrons. The molecule has 3 rings (SSSR count). The number of aryl methyl sites for hydroxylation is 2. The molecular formula is C17H22N2OS. The van der Waals surface area contributed by atoms with Crippen LogP contribution < -0.4 is 10.1 Å². The van der Waals surface area contributed by atoms with E-state index in [1.165, 1.54) is 16.0 Å². The summed E-state index contributed by atoms with van der Waals surface area (Å²) in [5.74, 6) is 1.04. The van der Waals surface area contributed by atoms with E-state index in [2.05, 4.69) is 51.2 Å². The van der Waals surface area contributed by atoms with Crippen LogP contribution in [0.5, 0.6) is 5.75 Å². The first-order valence-corrected chi connectivity index (χ1v) is 8.32. The molecule has 0 radical (unpaired) electrons. The third kappa shape index (κ3) is 2.97. The monoisotopic (exact) mass is 302 g/mol. The summed E-state index contributed by atoms with van der Waals surface area (Å²) >= 11 is 1.79. The molecule has 4 heteroatoms. The second kappa shape index (κ2) is 5.78. The number of nitrogens with one attached hydrogen (secondary N) is 1. The Balaban J connectivity index is 1.99. The zero-order valence-electron chi connectivity index (χ0n) is 13.1. The van der Waals surface area contributed by atoms with Crippen molar-refractivity contribution in [1.82, 2.24) is 10.3 Å². The van der Waals surface area contributed by atoms with Gasteiger partial charge in [0.25, 0.3) is 0 Å². The third-order valence-corrected chi connectivity index (χ3v) is 4.98. The molecule has 0 saturated heterocycles. The first kappa shape index (κ1) is 14.5. The van der Waals surface area contributed by atoms with E-state index in [0.29, 0.717) is 6.04 Å². The van der Waals surface area contributed by atoms with Crippen molar-refractivity contribution < 1.29 is 4.74 Å². The van der Waals surface area contributed by atoms with Gasteiger partial charge >= 0.3 is 0 Å². The Kier molecular flexibility index (Phi) is 4.00. The van der Waals surface area contributed by atoms with Crippen LogP contribution in [0.15, 0.2) is 18.2 Å². The van der Waals surface area contributed by atoms with E-state index in [9.17, 15) is 0 Å². The SMILES string of the molecule is Cc1nc(C(NC(C)C)c2ccc3c(c2)CCO3)sc1C. The zero-order valence-corrected chi connectivity index (χ0v) is 13.9. The van der Waals surface area contributed by atoms with Gasteiger partial charge in [-0.15, -0.1) is 11.3 Å². The first-order valence-electron chi connectivity index (χ1n) is 7.50. The topological polar surface area (TPSA) is 34.2 Å². The highest BCUT2D eigenvalue weighted by Gasteiger charge is 2.22. The van der Waals surface area contributed by atoms with Gasteiger partial charge in [-0.05, 0) is 51.0 Å². The summed E-state index contributed by atoms with van der Waals surface area (Å²) in [6.45, 7) is 9.38. The minimum Gasteiger partial charge on any atom is -0.493 e. The van der Waals surface area contributed by atoms with Gasteiger partial charge in [-0.3, -0.25) is 0 Å². The van der Waals surface area contributed by atoms with E-state index in [4.69, 9.17) is 9.72 Å². The lowest BCUT2D eigenvalue weighted by molar-refractivity contribution is 0.356. The molecule has 1 unspecified atom stereocenters. The summed E-state index contributed by atoms with van der Waals surface area (Å²) in [5.41, 5.74) is 3.73. The predicted octanol–water partition coefficient (Wildman–Crippen LogP) is 3.78. The predicted molar refractivity (Wildman–Crippen MR) is 87.3 cm³/mol. The van der Waals surface area contributed by atoms with E-state index in [1.807, 2.05) is 0 Å². The Morgan fingerprint density at radius 3 is 2.76 bits per heavy atom. The first-order chi connectivity index (χ1) is 10.0. The number of hydrogen-bond acceptors (Lipinski definition) is 4. The summed E-state index contributed by atoms with van der Waals surface area (Å²) < 4.78 is 5.61. The van der Waals surface area contributed by atoms with Gasteiger partial charge in [0.05, 0.1) is 18.3 Å². The summed E-state index contributed by atoms with van der Waals surface area (Å²) in [7, 11) is 0. The second-order valence-corrected chi connectivity index (χ2v) is 7.15. The molecule has 1 N–H and O–H groups in total. The van der Waals surface area contributed by atoms with Crippen LogP contribution >= 0.6 is 11.3 Å². The van der Waals surface area contributed by atoms with Crippen molar-refractivity contribution >= 4 is 11.3 Å². The molecule has 1 aromatic heterocycles. The number of thiazole rings is 1. The Hall–Kier alpha value is -1.39. The van der Waals surface area contributed by atoms with Crippen LogP contribution in [0.3, 0.4) is 0 Å². The molecule has 1 aliphatic rings. The Morgan fingerprint density at radius 1 is 1.29 bits per heavy atom. The van der Waals surface area contributed by atoms with Gasteiger partial charge in [-0.1, -0.05) is 6.07 Å². The zero-order chi connectivity index (χ0) is 15.0. The second-order valence-electron chi connectivity index (χ2n) is 5.91. The molecule has 1 atom stereocenters. The highest BCUT2D eigenvalue weighted by Crippen LogP contribution is 2.33. The number of benzene rings is 1. The number of nitrogens with zero attached hydrogens (tertiary/aromatic N) is 1. The molecule has 0 amide bonds. The molecule has 0 saturated carbocycles. The van der Waals surface area contributed by atoms with Crippen molar-refractivity contribution in [3.63, 3.8) is 0 Å². The number of fused-ring (bicyclic) bond motifs is 1. The van der Waals surface area contributed by atoms with Crippen LogP contribution in [0.2, 0.25) is 0 Å². The van der Waals surface area contributed by atoms with Gasteiger partial charge in [-0.25, -0.2) is 4.98 Å². The van der Waals surface area contributed by atoms with Gasteiger partial charge in [-0.2, -0.15) is 0 Å². The molecule has 1 aromatic carbocycles. The van der Waals surface area contributed by atoms with Crippen LogP contribution in [-0.4, -0.2) is 17.6 Å². The van der Waals surface area contributed by atoms with Gasteiger partial charge in [0, 0.05) is 17.3 Å². The minimum absolute atomic E-state index is 0.160. The van der Waals surface area contributed by atoms with Crippen LogP contribution in [0.25, 0.3) is 0 Å². The van der Waals surface area contributed by atoms with E-state index >= 15 is 0 Å². The molecule has 2 aromatic rings. The fourth-order valence-electron chi connectivity index (χ4n) is 2.65. The van der Waals surface area contributed by atoms with Gasteiger partial charge in [0.1, 0.15) is 10.8 Å². The van der Waals surface area contributed by atoms with Gasteiger partial charge in [0.15, 0.2) is 0 Å². The lowest BCUT2D eigenvalue weighted by Gasteiger charge is -2.20. The maximum atomic E-state index is 5.61. The quantitative estimate of drug-likeness (QED) is 0.933. The van der Waals surface area contributed by atoms with E-state index < -0.39 is 0 Å². The summed E-state index contributed by atoms with van der Waals surface area (Å²) in [4.78, 5) is 6.05. The number of ether oxygens (including phenoxy) is 1. The number of hydrogen-bond donors (Lipinski definition) is 1. The molecule has 2 heterocycles. The molecule has 0 bridgehead atoms. The lowest BCUT2D eigenvalue weighted by Crippen LogP contribution is -2.29. The van der Waals surface area contributed by atoms with Crippen molar-refractivity contribution in [2.24, 2.45) is 0 Å². The molecule has 0 spiro atoms. The molecule has 3 nitrogen and oxygen atoms in total. The Morgan fingerprint density at radius 2 is 2.10 bits per heavy atom. The minimum atomic E-state index is 0.160. The van der Waals surface area contributed by atoms with Crippen LogP contribution in [0.4, 0.5) is 0 Å². The molecule has 0 fully saturated rings. The van der Waals surface area contributed by atoms with Crippen LogP contribution in [0.1, 0.15) is 46.6 Å². The highest BCUT2D eigenvalue weighted by molar-refractivity contribution is 7.11. The summed E-state index contributed by atoms with van der Waals surface area (Å²) in [6.07, 6.45) is 1.01. The average Bonchev–Trinajstić information content (AvgIpc) is 3.02. The van der Waals surface area contributed by atoms with Crippen molar-refractivity contribution in [2.45, 2.75) is 46.2 Å². The van der Waals surface area contributed by atoms with Gasteiger partial charge < -0.3 is 10.1 Å². The average molecular weight is 302 g/mol. The fourth-order valence-corrected chi connectivity index (χ4v) is 3.66. The van der Waals surface area contributed by atoms with Crippen LogP contribution in [0, 0.1) is 13.8 Å². The Bertz CT molecular complexity index is 629. The van der Waals surface area contributed by atoms with E-state index in [0.717, 1.165) is 29.5 Å². The molecule has 0 aliphatic carbocycles. The number of rotatable bonds is 4. The fraction of sp³-hybridized carbons (Fsp3) is 0.471. The lowest BCUT2D eigenvalue weighted by atomic mass is 10.0. The van der Waals surface area contributed by atoms with Crippen molar-refractivity contribution in [3.8, 4) is 5.75 Å². The van der Waals surface area contributed by atoms with Crippen LogP contribution in [-0.2, 0) is 6.42 Å².